The summed E-state index contributed by atoms with van der Waals surface area (Å²) in [7, 11) is 0. The van der Waals surface area contributed by atoms with Gasteiger partial charge in [0, 0.05) is 24.7 Å². The summed E-state index contributed by atoms with van der Waals surface area (Å²) in [6, 6.07) is 1.94. The zero-order chi connectivity index (χ0) is 11.8. The predicted molar refractivity (Wildman–Crippen MR) is 69.4 cm³/mol. The Morgan fingerprint density at radius 3 is 2.07 bits per heavy atom. The summed E-state index contributed by atoms with van der Waals surface area (Å²) in [5.41, 5.74) is 0. The molecule has 2 unspecified atom stereocenters. The second-order valence-electron chi connectivity index (χ2n) is 4.87. The van der Waals surface area contributed by atoms with Crippen LogP contribution in [-0.4, -0.2) is 36.1 Å². The molecule has 2 heteroatoms. The summed E-state index contributed by atoms with van der Waals surface area (Å²) in [5.74, 6) is 0. The molecule has 0 fully saturated rings. The summed E-state index contributed by atoms with van der Waals surface area (Å²) in [6.07, 6.45) is 2.55. The van der Waals surface area contributed by atoms with Gasteiger partial charge in [0.1, 0.15) is 0 Å². The van der Waals surface area contributed by atoms with Gasteiger partial charge in [0.2, 0.25) is 0 Å². The van der Waals surface area contributed by atoms with Crippen LogP contribution < -0.4 is 5.32 Å². The minimum absolute atomic E-state index is 0.634. The van der Waals surface area contributed by atoms with Crippen LogP contribution in [-0.2, 0) is 0 Å². The average Bonchev–Trinajstić information content (AvgIpc) is 2.15. The highest BCUT2D eigenvalue weighted by atomic mass is 15.2. The van der Waals surface area contributed by atoms with E-state index in [2.05, 4.69) is 51.8 Å². The standard InChI is InChI=1S/C13H30N2/c1-7-9-12(5)14-10-13(6)15(8-2)11(3)4/h11-14H,7-10H2,1-6H3. The third kappa shape index (κ3) is 6.16. The van der Waals surface area contributed by atoms with Gasteiger partial charge in [0.25, 0.3) is 0 Å². The number of likely N-dealkylation sites (N-methyl/N-ethyl adjacent to an activating group) is 1. The Balaban J connectivity index is 3.84. The zero-order valence-corrected chi connectivity index (χ0v) is 11.5. The molecule has 0 rings (SSSR count). The van der Waals surface area contributed by atoms with E-state index in [1.807, 2.05) is 0 Å². The topological polar surface area (TPSA) is 15.3 Å². The highest BCUT2D eigenvalue weighted by Gasteiger charge is 2.15. The molecule has 1 N–H and O–H groups in total. The molecule has 0 saturated carbocycles. The average molecular weight is 214 g/mol. The number of rotatable bonds is 8. The van der Waals surface area contributed by atoms with Crippen molar-refractivity contribution >= 4 is 0 Å². The third-order valence-electron chi connectivity index (χ3n) is 3.08. The lowest BCUT2D eigenvalue weighted by atomic mass is 10.1. The molecule has 0 heterocycles. The van der Waals surface area contributed by atoms with Crippen molar-refractivity contribution in [2.24, 2.45) is 0 Å². The second kappa shape index (κ2) is 8.12. The predicted octanol–water partition coefficient (Wildman–Crippen LogP) is 2.88. The van der Waals surface area contributed by atoms with Crippen molar-refractivity contribution in [1.29, 1.82) is 0 Å². The van der Waals surface area contributed by atoms with Crippen molar-refractivity contribution in [3.63, 3.8) is 0 Å². The van der Waals surface area contributed by atoms with Gasteiger partial charge in [-0.1, -0.05) is 20.3 Å². The van der Waals surface area contributed by atoms with Crippen LogP contribution in [0.5, 0.6) is 0 Å². The Hall–Kier alpha value is -0.0800. The highest BCUT2D eigenvalue weighted by Crippen LogP contribution is 2.04. The van der Waals surface area contributed by atoms with Crippen molar-refractivity contribution in [3.8, 4) is 0 Å². The molecule has 2 atom stereocenters. The van der Waals surface area contributed by atoms with Crippen LogP contribution in [0.3, 0.4) is 0 Å². The van der Waals surface area contributed by atoms with Gasteiger partial charge in [0.15, 0.2) is 0 Å². The van der Waals surface area contributed by atoms with Gasteiger partial charge in [-0.05, 0) is 40.7 Å². The molecule has 0 aliphatic carbocycles. The molecule has 0 aromatic heterocycles. The maximum absolute atomic E-state index is 3.61. The van der Waals surface area contributed by atoms with Gasteiger partial charge in [-0.2, -0.15) is 0 Å². The summed E-state index contributed by atoms with van der Waals surface area (Å²) >= 11 is 0. The third-order valence-corrected chi connectivity index (χ3v) is 3.08. The normalized spacial score (nSPS) is 16.0. The number of nitrogens with one attached hydrogen (secondary N) is 1. The lowest BCUT2D eigenvalue weighted by Crippen LogP contribution is -2.45. The van der Waals surface area contributed by atoms with Crippen molar-refractivity contribution in [2.75, 3.05) is 13.1 Å². The Kier molecular flexibility index (Phi) is 8.07. The number of nitrogens with zero attached hydrogens (tertiary/aromatic N) is 1. The van der Waals surface area contributed by atoms with Gasteiger partial charge < -0.3 is 5.32 Å². The first-order valence-electron chi connectivity index (χ1n) is 6.51. The van der Waals surface area contributed by atoms with E-state index in [1.54, 1.807) is 0 Å². The fourth-order valence-corrected chi connectivity index (χ4v) is 2.21. The minimum Gasteiger partial charge on any atom is -0.313 e. The van der Waals surface area contributed by atoms with Crippen LogP contribution in [0.25, 0.3) is 0 Å². The van der Waals surface area contributed by atoms with Gasteiger partial charge in [-0.25, -0.2) is 0 Å². The highest BCUT2D eigenvalue weighted by molar-refractivity contribution is 4.73. The first kappa shape index (κ1) is 14.9. The lowest BCUT2D eigenvalue weighted by Gasteiger charge is -2.32. The van der Waals surface area contributed by atoms with Crippen LogP contribution in [0.1, 0.15) is 54.4 Å². The first-order chi connectivity index (χ1) is 7.02. The Bertz CT molecular complexity index is 145. The largest absolute Gasteiger partial charge is 0.313 e. The molecular formula is C13H30N2. The molecule has 0 amide bonds. The van der Waals surface area contributed by atoms with Crippen molar-refractivity contribution in [3.05, 3.63) is 0 Å². The molecule has 92 valence electrons. The van der Waals surface area contributed by atoms with E-state index in [0.29, 0.717) is 18.1 Å². The van der Waals surface area contributed by atoms with Crippen LogP contribution >= 0.6 is 0 Å². The SMILES string of the molecule is CCCC(C)NCC(C)N(CC)C(C)C. The van der Waals surface area contributed by atoms with Crippen molar-refractivity contribution in [2.45, 2.75) is 72.5 Å². The second-order valence-corrected chi connectivity index (χ2v) is 4.87. The Labute approximate surface area is 96.4 Å². The van der Waals surface area contributed by atoms with Gasteiger partial charge in [0.05, 0.1) is 0 Å². The Morgan fingerprint density at radius 2 is 1.67 bits per heavy atom. The van der Waals surface area contributed by atoms with Gasteiger partial charge >= 0.3 is 0 Å². The van der Waals surface area contributed by atoms with E-state index >= 15 is 0 Å². The molecule has 0 aliphatic heterocycles. The minimum atomic E-state index is 0.634. The number of hydrogen-bond acceptors (Lipinski definition) is 2. The molecule has 0 bridgehead atoms. The van der Waals surface area contributed by atoms with Crippen LogP contribution in [0, 0.1) is 0 Å². The Morgan fingerprint density at radius 1 is 1.07 bits per heavy atom. The molecule has 0 aliphatic rings. The maximum atomic E-state index is 3.61. The summed E-state index contributed by atoms with van der Waals surface area (Å²) < 4.78 is 0. The first-order valence-corrected chi connectivity index (χ1v) is 6.51. The smallest absolute Gasteiger partial charge is 0.0195 e. The quantitative estimate of drug-likeness (QED) is 0.668. The fourth-order valence-electron chi connectivity index (χ4n) is 2.21. The fraction of sp³-hybridized carbons (Fsp3) is 1.00. The van der Waals surface area contributed by atoms with E-state index in [9.17, 15) is 0 Å². The van der Waals surface area contributed by atoms with E-state index < -0.39 is 0 Å². The molecule has 2 nitrogen and oxygen atoms in total. The molecule has 0 radical (unpaired) electrons. The molecule has 0 aromatic carbocycles. The van der Waals surface area contributed by atoms with Crippen LogP contribution in [0.15, 0.2) is 0 Å². The summed E-state index contributed by atoms with van der Waals surface area (Å²) in [5, 5.41) is 3.61. The molecule has 0 aromatic rings. The lowest BCUT2D eigenvalue weighted by molar-refractivity contribution is 0.167. The van der Waals surface area contributed by atoms with Crippen molar-refractivity contribution < 1.29 is 0 Å². The van der Waals surface area contributed by atoms with Crippen molar-refractivity contribution in [1.82, 2.24) is 10.2 Å². The van der Waals surface area contributed by atoms with E-state index in [-0.39, 0.29) is 0 Å². The number of hydrogen-bond donors (Lipinski definition) is 1. The van der Waals surface area contributed by atoms with Gasteiger partial charge in [-0.15, -0.1) is 0 Å². The van der Waals surface area contributed by atoms with Crippen LogP contribution in [0.4, 0.5) is 0 Å². The monoisotopic (exact) mass is 214 g/mol. The van der Waals surface area contributed by atoms with Crippen LogP contribution in [0.2, 0.25) is 0 Å². The maximum Gasteiger partial charge on any atom is 0.0195 e. The van der Waals surface area contributed by atoms with Gasteiger partial charge in [-0.3, -0.25) is 4.90 Å². The van der Waals surface area contributed by atoms with E-state index in [0.717, 1.165) is 13.1 Å². The molecular weight excluding hydrogens is 184 g/mol. The summed E-state index contributed by atoms with van der Waals surface area (Å²) in [6.45, 7) is 15.9. The zero-order valence-electron chi connectivity index (χ0n) is 11.5. The molecule has 0 saturated heterocycles. The molecule has 0 spiro atoms. The summed E-state index contributed by atoms with van der Waals surface area (Å²) in [4.78, 5) is 2.53. The molecule has 15 heavy (non-hydrogen) atoms. The van der Waals surface area contributed by atoms with E-state index in [4.69, 9.17) is 0 Å². The van der Waals surface area contributed by atoms with E-state index in [1.165, 1.54) is 12.8 Å².